The Morgan fingerprint density at radius 3 is 1.31 bits per heavy atom. The van der Waals surface area contributed by atoms with Gasteiger partial charge < -0.3 is 5.11 Å². The fraction of sp³-hybridized carbons (Fsp3) is 0.172. The average molecular weight is 506 g/mol. The number of aliphatic hydroxyl groups is 1. The fourth-order valence-corrected chi connectivity index (χ4v) is 3.60. The molecule has 1 nitrogen and oxygen atoms in total. The third kappa shape index (κ3) is 9.10. The second-order valence-corrected chi connectivity index (χ2v) is 7.63. The van der Waals surface area contributed by atoms with Crippen molar-refractivity contribution in [3.63, 3.8) is 0 Å². The van der Waals surface area contributed by atoms with Crippen LogP contribution in [0.5, 0.6) is 0 Å². The van der Waals surface area contributed by atoms with E-state index in [0.717, 1.165) is 30.4 Å². The second-order valence-electron chi connectivity index (χ2n) is 7.63. The summed E-state index contributed by atoms with van der Waals surface area (Å²) in [6, 6.07) is 0. The molecule has 0 spiro atoms. The van der Waals surface area contributed by atoms with Crippen molar-refractivity contribution in [3.05, 3.63) is 145 Å². The van der Waals surface area contributed by atoms with Crippen molar-refractivity contribution in [1.29, 1.82) is 0 Å². The Morgan fingerprint density at radius 1 is 0.625 bits per heavy atom. The molecule has 168 valence electrons. The molecule has 1 N–H and O–H groups in total. The van der Waals surface area contributed by atoms with Crippen LogP contribution in [0.15, 0.2) is 120 Å². The first kappa shape index (κ1) is 28.4. The summed E-state index contributed by atoms with van der Waals surface area (Å²) in [7, 11) is 0. The molecule has 1 saturated carbocycles. The van der Waals surface area contributed by atoms with Gasteiger partial charge in [-0.15, -0.1) is 0 Å². The fourth-order valence-electron chi connectivity index (χ4n) is 3.60. The van der Waals surface area contributed by atoms with Gasteiger partial charge in [0.1, 0.15) is 5.60 Å². The molecule has 0 saturated heterocycles. The normalized spacial score (nSPS) is 26.2. The van der Waals surface area contributed by atoms with Gasteiger partial charge in [-0.05, 0) is 48.5 Å². The van der Waals surface area contributed by atoms with Crippen LogP contribution in [0.25, 0.3) is 0 Å². The molecule has 0 aromatic heterocycles. The molecular formula is C29H30Fe2O. The summed E-state index contributed by atoms with van der Waals surface area (Å²) in [5.41, 5.74) is 3.76. The monoisotopic (exact) mass is 506 g/mol. The summed E-state index contributed by atoms with van der Waals surface area (Å²) < 4.78 is 0. The summed E-state index contributed by atoms with van der Waals surface area (Å²) in [5.74, 6) is 0. The van der Waals surface area contributed by atoms with Crippen molar-refractivity contribution in [2.24, 2.45) is 0 Å². The van der Waals surface area contributed by atoms with Gasteiger partial charge >= 0.3 is 0 Å². The van der Waals surface area contributed by atoms with Crippen LogP contribution in [0.3, 0.4) is 0 Å². The maximum Gasteiger partial charge on any atom is 0.104 e. The van der Waals surface area contributed by atoms with E-state index in [4.69, 9.17) is 0 Å². The smallest absolute Gasteiger partial charge is 0.104 e. The molecule has 0 unspecified atom stereocenters. The summed E-state index contributed by atoms with van der Waals surface area (Å²) >= 11 is 0. The van der Waals surface area contributed by atoms with E-state index in [9.17, 15) is 5.11 Å². The zero-order valence-electron chi connectivity index (χ0n) is 18.3. The summed E-state index contributed by atoms with van der Waals surface area (Å²) in [4.78, 5) is 0. The van der Waals surface area contributed by atoms with Crippen LogP contribution in [-0.2, 0) is 34.1 Å². The zero-order valence-corrected chi connectivity index (χ0v) is 20.5. The SMILES string of the molecule is CC1(O)/C(=C/C2=CC=C[CH]2)CCC/C1=C\C1=CC=C[CH]1.[CH]1C=CC=C1.[CH]1C=CC=C1.[Fe].[Fe]. The van der Waals surface area contributed by atoms with Crippen LogP contribution in [-0.4, -0.2) is 10.7 Å². The van der Waals surface area contributed by atoms with E-state index in [-0.39, 0.29) is 34.1 Å². The predicted molar refractivity (Wildman–Crippen MR) is 129 cm³/mol. The van der Waals surface area contributed by atoms with Crippen LogP contribution < -0.4 is 0 Å². The largest absolute Gasteiger partial charge is 0.381 e. The summed E-state index contributed by atoms with van der Waals surface area (Å²) in [5, 5.41) is 11.0. The van der Waals surface area contributed by atoms with E-state index in [0.29, 0.717) is 0 Å². The third-order valence-electron chi connectivity index (χ3n) is 5.31. The Labute approximate surface area is 215 Å². The van der Waals surface area contributed by atoms with Crippen molar-refractivity contribution in [3.8, 4) is 0 Å². The molecule has 0 bridgehead atoms. The molecule has 32 heavy (non-hydrogen) atoms. The van der Waals surface area contributed by atoms with Crippen molar-refractivity contribution in [2.45, 2.75) is 31.8 Å². The van der Waals surface area contributed by atoms with Gasteiger partial charge in [0, 0.05) is 59.8 Å². The molecule has 3 heteroatoms. The first-order valence-electron chi connectivity index (χ1n) is 10.6. The van der Waals surface area contributed by atoms with Gasteiger partial charge in [0.05, 0.1) is 0 Å². The Hall–Kier alpha value is -1.60. The molecule has 5 aliphatic rings. The number of rotatable bonds is 2. The van der Waals surface area contributed by atoms with Crippen LogP contribution in [0, 0.1) is 25.7 Å². The van der Waals surface area contributed by atoms with Gasteiger partial charge in [-0.1, -0.05) is 97.2 Å². The van der Waals surface area contributed by atoms with E-state index in [2.05, 4.69) is 37.1 Å². The van der Waals surface area contributed by atoms with E-state index in [1.165, 1.54) is 11.1 Å². The minimum Gasteiger partial charge on any atom is -0.381 e. The van der Waals surface area contributed by atoms with Gasteiger partial charge in [-0.25, -0.2) is 0 Å². The first-order chi connectivity index (χ1) is 14.7. The Balaban J connectivity index is 0.000000353. The van der Waals surface area contributed by atoms with Gasteiger partial charge in [-0.3, -0.25) is 0 Å². The van der Waals surface area contributed by atoms with Crippen LogP contribution in [0.1, 0.15) is 26.2 Å². The van der Waals surface area contributed by atoms with Gasteiger partial charge in [-0.2, -0.15) is 0 Å². The topological polar surface area (TPSA) is 20.2 Å². The maximum absolute atomic E-state index is 11.0. The first-order valence-corrected chi connectivity index (χ1v) is 10.6. The van der Waals surface area contributed by atoms with E-state index in [1.54, 1.807) is 0 Å². The van der Waals surface area contributed by atoms with Crippen molar-refractivity contribution in [2.75, 3.05) is 0 Å². The van der Waals surface area contributed by atoms with E-state index >= 15 is 0 Å². The van der Waals surface area contributed by atoms with Crippen LogP contribution in [0.4, 0.5) is 0 Å². The van der Waals surface area contributed by atoms with Crippen molar-refractivity contribution < 1.29 is 39.2 Å². The molecule has 0 heterocycles. The summed E-state index contributed by atoms with van der Waals surface area (Å²) in [6.45, 7) is 1.93. The zero-order chi connectivity index (χ0) is 21.1. The molecule has 4 radical (unpaired) electrons. The van der Waals surface area contributed by atoms with Crippen molar-refractivity contribution >= 4 is 0 Å². The Bertz CT molecular complexity index is 807. The van der Waals surface area contributed by atoms with E-state index in [1.807, 2.05) is 92.7 Å². The third-order valence-corrected chi connectivity index (χ3v) is 5.31. The molecule has 0 amide bonds. The Morgan fingerprint density at radius 2 is 1.03 bits per heavy atom. The standard InChI is InChI=1S/C19H20O.2C5H5.2Fe/c1-19(20)17(13-15-7-2-3-8-15)11-6-12-18(19)14-16-9-4-5-10-16;2*1-2-4-5-3-1;;/h2-5,7-10,13-14,20H,6,11-12H2,1H3;2*1-5H;;/b17-13+,18-14+;;;;. The molecule has 0 aromatic carbocycles. The average Bonchev–Trinajstić information content (AvgIpc) is 3.54. The maximum atomic E-state index is 11.0. The van der Waals surface area contributed by atoms with Gasteiger partial charge in [0.2, 0.25) is 0 Å². The van der Waals surface area contributed by atoms with Crippen molar-refractivity contribution in [1.82, 2.24) is 0 Å². The number of hydrogen-bond acceptors (Lipinski definition) is 1. The quantitative estimate of drug-likeness (QED) is 0.409. The molecule has 0 atom stereocenters. The summed E-state index contributed by atoms with van der Waals surface area (Å²) in [6.07, 6.45) is 43.8. The predicted octanol–water partition coefficient (Wildman–Crippen LogP) is 6.80. The van der Waals surface area contributed by atoms with E-state index < -0.39 is 5.60 Å². The molecular weight excluding hydrogens is 476 g/mol. The minimum atomic E-state index is -0.827. The molecule has 5 rings (SSSR count). The molecule has 5 aliphatic carbocycles. The number of hydrogen-bond donors (Lipinski definition) is 1. The van der Waals surface area contributed by atoms with Crippen LogP contribution in [0.2, 0.25) is 0 Å². The second kappa shape index (κ2) is 15.3. The van der Waals surface area contributed by atoms with Crippen LogP contribution >= 0.6 is 0 Å². The molecule has 0 aliphatic heterocycles. The van der Waals surface area contributed by atoms with Gasteiger partial charge in [0.15, 0.2) is 0 Å². The molecule has 0 aromatic rings. The number of allylic oxidation sites excluding steroid dienone is 18. The minimum absolute atomic E-state index is 0. The van der Waals surface area contributed by atoms with Gasteiger partial charge in [0.25, 0.3) is 0 Å². The Kier molecular flexibility index (Phi) is 13.6. The molecule has 1 fully saturated rings.